The second-order valence-electron chi connectivity index (χ2n) is 4.14. The minimum absolute atomic E-state index is 0.485. The van der Waals surface area contributed by atoms with Crippen molar-refractivity contribution in [2.75, 3.05) is 0 Å². The molecule has 0 bridgehead atoms. The molecule has 0 fully saturated rings. The van der Waals surface area contributed by atoms with Crippen LogP contribution in [0.3, 0.4) is 0 Å². The molecular formula is C14H13BrClNO. The molecule has 0 radical (unpaired) electrons. The number of benzene rings is 1. The van der Waals surface area contributed by atoms with E-state index in [-0.39, 0.29) is 0 Å². The van der Waals surface area contributed by atoms with Crippen molar-refractivity contribution in [3.05, 3.63) is 62.8 Å². The molecule has 1 atom stereocenters. The maximum absolute atomic E-state index is 10.3. The smallest absolute Gasteiger partial charge is 0.0833 e. The van der Waals surface area contributed by atoms with E-state index in [1.54, 1.807) is 12.4 Å². The van der Waals surface area contributed by atoms with Crippen LogP contribution >= 0.6 is 27.5 Å². The van der Waals surface area contributed by atoms with Crippen molar-refractivity contribution in [2.45, 2.75) is 19.4 Å². The Morgan fingerprint density at radius 2 is 2.17 bits per heavy atom. The van der Waals surface area contributed by atoms with E-state index in [4.69, 9.17) is 11.6 Å². The van der Waals surface area contributed by atoms with E-state index in [0.29, 0.717) is 11.4 Å². The second kappa shape index (κ2) is 5.83. The molecule has 2 rings (SSSR count). The van der Waals surface area contributed by atoms with Crippen LogP contribution in [0.1, 0.15) is 22.8 Å². The number of aliphatic hydroxyl groups is 1. The number of nitrogens with zero attached hydrogens (tertiary/aromatic N) is 1. The molecule has 0 aliphatic heterocycles. The number of hydrogen-bond donors (Lipinski definition) is 1. The van der Waals surface area contributed by atoms with Gasteiger partial charge in [-0.05, 0) is 35.7 Å². The van der Waals surface area contributed by atoms with Gasteiger partial charge in [0.25, 0.3) is 0 Å². The lowest BCUT2D eigenvalue weighted by atomic mass is 9.98. The SMILES string of the molecule is Cc1c(Br)cccc1C(O)Cc1ccncc1Cl. The van der Waals surface area contributed by atoms with Gasteiger partial charge in [-0.25, -0.2) is 0 Å². The Kier molecular flexibility index (Phi) is 4.38. The van der Waals surface area contributed by atoms with E-state index in [2.05, 4.69) is 20.9 Å². The van der Waals surface area contributed by atoms with Crippen LogP contribution < -0.4 is 0 Å². The molecule has 1 heterocycles. The Morgan fingerprint density at radius 1 is 1.39 bits per heavy atom. The largest absolute Gasteiger partial charge is 0.388 e. The maximum atomic E-state index is 10.3. The summed E-state index contributed by atoms with van der Waals surface area (Å²) in [7, 11) is 0. The third-order valence-corrected chi connectivity index (χ3v) is 4.14. The lowest BCUT2D eigenvalue weighted by Crippen LogP contribution is -2.04. The normalized spacial score (nSPS) is 12.4. The maximum Gasteiger partial charge on any atom is 0.0833 e. The predicted molar refractivity (Wildman–Crippen MR) is 76.8 cm³/mol. The van der Waals surface area contributed by atoms with E-state index in [0.717, 1.165) is 21.2 Å². The summed E-state index contributed by atoms with van der Waals surface area (Å²) < 4.78 is 1.000. The number of aromatic nitrogens is 1. The van der Waals surface area contributed by atoms with Crippen molar-refractivity contribution in [1.82, 2.24) is 4.98 Å². The lowest BCUT2D eigenvalue weighted by molar-refractivity contribution is 0.177. The minimum atomic E-state index is -0.567. The summed E-state index contributed by atoms with van der Waals surface area (Å²) in [5.74, 6) is 0. The molecule has 0 aliphatic rings. The zero-order chi connectivity index (χ0) is 13.1. The molecule has 0 saturated carbocycles. The number of halogens is 2. The fourth-order valence-electron chi connectivity index (χ4n) is 1.87. The van der Waals surface area contributed by atoms with Crippen LogP contribution in [-0.4, -0.2) is 10.1 Å². The molecule has 2 nitrogen and oxygen atoms in total. The zero-order valence-electron chi connectivity index (χ0n) is 9.90. The molecule has 0 amide bonds. The van der Waals surface area contributed by atoms with Crippen LogP contribution in [0, 0.1) is 6.92 Å². The van der Waals surface area contributed by atoms with Crippen LogP contribution in [0.25, 0.3) is 0 Å². The van der Waals surface area contributed by atoms with Gasteiger partial charge >= 0.3 is 0 Å². The van der Waals surface area contributed by atoms with E-state index in [1.165, 1.54) is 0 Å². The van der Waals surface area contributed by atoms with E-state index < -0.39 is 6.10 Å². The summed E-state index contributed by atoms with van der Waals surface area (Å²) in [6.45, 7) is 1.98. The van der Waals surface area contributed by atoms with Crippen LogP contribution in [0.2, 0.25) is 5.02 Å². The summed E-state index contributed by atoms with van der Waals surface area (Å²) in [6.07, 6.45) is 3.19. The molecule has 2 aromatic rings. The van der Waals surface area contributed by atoms with Gasteiger partial charge in [-0.1, -0.05) is 39.7 Å². The predicted octanol–water partition coefficient (Wildman–Crippen LogP) is 4.08. The highest BCUT2D eigenvalue weighted by Gasteiger charge is 2.14. The van der Waals surface area contributed by atoms with E-state index in [1.807, 2.05) is 31.2 Å². The van der Waals surface area contributed by atoms with Crippen molar-refractivity contribution in [3.63, 3.8) is 0 Å². The van der Waals surface area contributed by atoms with Crippen molar-refractivity contribution >= 4 is 27.5 Å². The van der Waals surface area contributed by atoms with Crippen molar-refractivity contribution in [2.24, 2.45) is 0 Å². The summed E-state index contributed by atoms with van der Waals surface area (Å²) in [6, 6.07) is 7.65. The molecule has 0 saturated heterocycles. The van der Waals surface area contributed by atoms with Gasteiger partial charge in [-0.15, -0.1) is 0 Å². The van der Waals surface area contributed by atoms with Crippen LogP contribution in [0.5, 0.6) is 0 Å². The fraction of sp³-hybridized carbons (Fsp3) is 0.214. The van der Waals surface area contributed by atoms with E-state index in [9.17, 15) is 5.11 Å². The van der Waals surface area contributed by atoms with Gasteiger partial charge in [0.15, 0.2) is 0 Å². The third-order valence-electron chi connectivity index (χ3n) is 2.94. The number of rotatable bonds is 3. The first kappa shape index (κ1) is 13.5. The van der Waals surface area contributed by atoms with Crippen LogP contribution in [-0.2, 0) is 6.42 Å². The van der Waals surface area contributed by atoms with Gasteiger partial charge in [0.2, 0.25) is 0 Å². The third kappa shape index (κ3) is 2.91. The van der Waals surface area contributed by atoms with Gasteiger partial charge in [0, 0.05) is 23.3 Å². The number of hydrogen-bond acceptors (Lipinski definition) is 2. The Morgan fingerprint density at radius 3 is 2.89 bits per heavy atom. The topological polar surface area (TPSA) is 33.1 Å². The zero-order valence-corrected chi connectivity index (χ0v) is 12.2. The first-order valence-electron chi connectivity index (χ1n) is 5.61. The Labute approximate surface area is 120 Å². The standard InChI is InChI=1S/C14H13BrClNO/c1-9-11(3-2-4-12(9)15)14(18)7-10-5-6-17-8-13(10)16/h2-6,8,14,18H,7H2,1H3. The van der Waals surface area contributed by atoms with Gasteiger partial charge in [-0.2, -0.15) is 0 Å². The molecule has 94 valence electrons. The summed E-state index contributed by atoms with van der Waals surface area (Å²) in [5, 5.41) is 10.9. The molecule has 1 N–H and O–H groups in total. The highest BCUT2D eigenvalue weighted by atomic mass is 79.9. The Bertz CT molecular complexity index is 559. The molecule has 0 aliphatic carbocycles. The number of pyridine rings is 1. The van der Waals surface area contributed by atoms with Crippen LogP contribution in [0.15, 0.2) is 41.1 Å². The molecule has 18 heavy (non-hydrogen) atoms. The number of aliphatic hydroxyl groups excluding tert-OH is 1. The molecule has 1 aromatic heterocycles. The highest BCUT2D eigenvalue weighted by molar-refractivity contribution is 9.10. The van der Waals surface area contributed by atoms with Gasteiger partial charge in [0.05, 0.1) is 11.1 Å². The fourth-order valence-corrected chi connectivity index (χ4v) is 2.45. The molecule has 4 heteroatoms. The van der Waals surface area contributed by atoms with Crippen LogP contribution in [0.4, 0.5) is 0 Å². The lowest BCUT2D eigenvalue weighted by Gasteiger charge is -2.15. The van der Waals surface area contributed by atoms with Crippen molar-refractivity contribution in [3.8, 4) is 0 Å². The monoisotopic (exact) mass is 325 g/mol. The Hall–Kier alpha value is -0.900. The highest BCUT2D eigenvalue weighted by Crippen LogP contribution is 2.28. The molecule has 1 unspecified atom stereocenters. The summed E-state index contributed by atoms with van der Waals surface area (Å²) >= 11 is 9.51. The summed E-state index contributed by atoms with van der Waals surface area (Å²) in [5.41, 5.74) is 2.87. The van der Waals surface area contributed by atoms with Gasteiger partial charge in [-0.3, -0.25) is 4.98 Å². The van der Waals surface area contributed by atoms with Crippen molar-refractivity contribution < 1.29 is 5.11 Å². The van der Waals surface area contributed by atoms with Gasteiger partial charge < -0.3 is 5.11 Å². The van der Waals surface area contributed by atoms with E-state index >= 15 is 0 Å². The molecule has 0 spiro atoms. The quantitative estimate of drug-likeness (QED) is 0.922. The minimum Gasteiger partial charge on any atom is -0.388 e. The molecular weight excluding hydrogens is 314 g/mol. The van der Waals surface area contributed by atoms with Crippen molar-refractivity contribution in [1.29, 1.82) is 0 Å². The van der Waals surface area contributed by atoms with Gasteiger partial charge in [0.1, 0.15) is 0 Å². The Balaban J connectivity index is 2.25. The first-order chi connectivity index (χ1) is 8.59. The summed E-state index contributed by atoms with van der Waals surface area (Å²) in [4.78, 5) is 3.94. The second-order valence-corrected chi connectivity index (χ2v) is 5.40. The first-order valence-corrected chi connectivity index (χ1v) is 6.78. The molecule has 1 aromatic carbocycles. The average Bonchev–Trinajstić information content (AvgIpc) is 2.35. The average molecular weight is 327 g/mol.